The number of carbonyl (C=O) groups excluding carboxylic acids is 1. The van der Waals surface area contributed by atoms with Crippen LogP contribution in [0.5, 0.6) is 0 Å². The Morgan fingerprint density at radius 2 is 2.00 bits per heavy atom. The molecule has 2 unspecified atom stereocenters. The quantitative estimate of drug-likeness (QED) is 0.744. The molecule has 0 saturated carbocycles. The van der Waals surface area contributed by atoms with Gasteiger partial charge in [0.1, 0.15) is 5.82 Å². The lowest BCUT2D eigenvalue weighted by Crippen LogP contribution is -2.41. The predicted octanol–water partition coefficient (Wildman–Crippen LogP) is 1.52. The molecule has 0 fully saturated rings. The van der Waals surface area contributed by atoms with Crippen LogP contribution in [0.15, 0.2) is 24.3 Å². The summed E-state index contributed by atoms with van der Waals surface area (Å²) in [4.78, 5) is 11.5. The van der Waals surface area contributed by atoms with Gasteiger partial charge in [0, 0.05) is 6.54 Å². The predicted molar refractivity (Wildman–Crippen MR) is 74.5 cm³/mol. The van der Waals surface area contributed by atoms with Crippen LogP contribution in [0.25, 0.3) is 0 Å². The molecule has 19 heavy (non-hydrogen) atoms. The fraction of sp³-hybridized carbons (Fsp3) is 0.462. The second-order valence-corrected chi connectivity index (χ2v) is 4.21. The molecule has 1 aromatic rings. The number of aliphatic hydroxyl groups is 1. The Labute approximate surface area is 118 Å². The lowest BCUT2D eigenvalue weighted by atomic mass is 10.1. The number of carbonyl (C=O) groups is 1. The minimum absolute atomic E-state index is 0. The van der Waals surface area contributed by atoms with E-state index in [2.05, 4.69) is 5.32 Å². The highest BCUT2D eigenvalue weighted by Gasteiger charge is 2.14. The molecule has 0 aliphatic rings. The van der Waals surface area contributed by atoms with Crippen molar-refractivity contribution in [2.24, 2.45) is 5.73 Å². The van der Waals surface area contributed by atoms with E-state index in [1.807, 2.05) is 6.92 Å². The van der Waals surface area contributed by atoms with Gasteiger partial charge >= 0.3 is 0 Å². The van der Waals surface area contributed by atoms with Crippen LogP contribution in [0.3, 0.4) is 0 Å². The maximum absolute atomic E-state index is 12.7. The summed E-state index contributed by atoms with van der Waals surface area (Å²) in [5.41, 5.74) is 6.19. The summed E-state index contributed by atoms with van der Waals surface area (Å²) in [5, 5.41) is 12.4. The number of halogens is 2. The third-order valence-electron chi connectivity index (χ3n) is 2.66. The van der Waals surface area contributed by atoms with E-state index in [1.165, 1.54) is 24.3 Å². The molecule has 2 atom stereocenters. The standard InChI is InChI=1S/C13H19FN2O2.ClH/c1-2-3-11(15)13(18)16-8-12(17)9-4-6-10(14)7-5-9;/h4-7,11-12,17H,2-3,8,15H2,1H3,(H,16,18);1H. The Bertz CT molecular complexity index is 387. The minimum Gasteiger partial charge on any atom is -0.387 e. The van der Waals surface area contributed by atoms with Gasteiger partial charge < -0.3 is 16.2 Å². The molecule has 0 aliphatic heterocycles. The summed E-state index contributed by atoms with van der Waals surface area (Å²) in [5.74, 6) is -0.641. The van der Waals surface area contributed by atoms with Gasteiger partial charge in [-0.1, -0.05) is 25.5 Å². The molecule has 1 rings (SSSR count). The molecule has 0 radical (unpaired) electrons. The first-order chi connectivity index (χ1) is 8.54. The highest BCUT2D eigenvalue weighted by atomic mass is 35.5. The Balaban J connectivity index is 0.00000324. The van der Waals surface area contributed by atoms with Crippen molar-refractivity contribution in [3.05, 3.63) is 35.6 Å². The fourth-order valence-corrected chi connectivity index (χ4v) is 1.57. The largest absolute Gasteiger partial charge is 0.387 e. The second kappa shape index (κ2) is 8.85. The smallest absolute Gasteiger partial charge is 0.237 e. The topological polar surface area (TPSA) is 75.4 Å². The average Bonchev–Trinajstić information content (AvgIpc) is 2.36. The van der Waals surface area contributed by atoms with Gasteiger partial charge in [-0.2, -0.15) is 0 Å². The van der Waals surface area contributed by atoms with E-state index >= 15 is 0 Å². The lowest BCUT2D eigenvalue weighted by Gasteiger charge is -2.15. The third-order valence-corrected chi connectivity index (χ3v) is 2.66. The Hall–Kier alpha value is -1.17. The molecule has 0 aliphatic carbocycles. The van der Waals surface area contributed by atoms with Gasteiger partial charge in [-0.3, -0.25) is 4.79 Å². The SMILES string of the molecule is CCCC(N)C(=O)NCC(O)c1ccc(F)cc1.Cl. The number of hydrogen-bond acceptors (Lipinski definition) is 3. The maximum atomic E-state index is 12.7. The third kappa shape index (κ3) is 6.00. The Morgan fingerprint density at radius 1 is 1.42 bits per heavy atom. The number of rotatable bonds is 6. The van der Waals surface area contributed by atoms with E-state index in [-0.39, 0.29) is 30.7 Å². The first kappa shape index (κ1) is 17.8. The molecule has 0 heterocycles. The van der Waals surface area contributed by atoms with E-state index in [4.69, 9.17) is 5.73 Å². The first-order valence-corrected chi connectivity index (χ1v) is 6.01. The fourth-order valence-electron chi connectivity index (χ4n) is 1.57. The Kier molecular flexibility index (Phi) is 8.30. The van der Waals surface area contributed by atoms with Crippen molar-refractivity contribution >= 4 is 18.3 Å². The molecular weight excluding hydrogens is 271 g/mol. The van der Waals surface area contributed by atoms with Crippen molar-refractivity contribution < 1.29 is 14.3 Å². The number of aliphatic hydroxyl groups excluding tert-OH is 1. The van der Waals surface area contributed by atoms with Crippen molar-refractivity contribution in [2.75, 3.05) is 6.54 Å². The highest BCUT2D eigenvalue weighted by Crippen LogP contribution is 2.12. The summed E-state index contributed by atoms with van der Waals surface area (Å²) in [6.45, 7) is 2.02. The molecule has 4 nitrogen and oxygen atoms in total. The molecule has 6 heteroatoms. The van der Waals surface area contributed by atoms with Gasteiger partial charge in [0.15, 0.2) is 0 Å². The van der Waals surface area contributed by atoms with Crippen LogP contribution >= 0.6 is 12.4 Å². The van der Waals surface area contributed by atoms with Gasteiger partial charge in [0.05, 0.1) is 12.1 Å². The normalized spacial score (nSPS) is 13.3. The van der Waals surface area contributed by atoms with Crippen molar-refractivity contribution in [3.63, 3.8) is 0 Å². The molecule has 0 spiro atoms. The monoisotopic (exact) mass is 290 g/mol. The summed E-state index contributed by atoms with van der Waals surface area (Å²) >= 11 is 0. The van der Waals surface area contributed by atoms with E-state index < -0.39 is 12.1 Å². The highest BCUT2D eigenvalue weighted by molar-refractivity contribution is 5.85. The number of benzene rings is 1. The van der Waals surface area contributed by atoms with Crippen molar-refractivity contribution in [3.8, 4) is 0 Å². The van der Waals surface area contributed by atoms with E-state index in [0.29, 0.717) is 12.0 Å². The zero-order valence-corrected chi connectivity index (χ0v) is 11.6. The van der Waals surface area contributed by atoms with Crippen molar-refractivity contribution in [2.45, 2.75) is 31.9 Å². The van der Waals surface area contributed by atoms with Gasteiger partial charge in [-0.25, -0.2) is 4.39 Å². The lowest BCUT2D eigenvalue weighted by molar-refractivity contribution is -0.123. The van der Waals surface area contributed by atoms with Gasteiger partial charge in [-0.05, 0) is 24.1 Å². The Morgan fingerprint density at radius 3 is 2.53 bits per heavy atom. The number of amides is 1. The number of nitrogens with two attached hydrogens (primary N) is 1. The van der Waals surface area contributed by atoms with Crippen LogP contribution in [-0.4, -0.2) is 23.6 Å². The van der Waals surface area contributed by atoms with Crippen LogP contribution in [0.4, 0.5) is 4.39 Å². The summed E-state index contributed by atoms with van der Waals surface area (Å²) in [7, 11) is 0. The minimum atomic E-state index is -0.858. The number of hydrogen-bond donors (Lipinski definition) is 3. The molecule has 0 bridgehead atoms. The molecule has 0 aromatic heterocycles. The van der Waals surface area contributed by atoms with Crippen LogP contribution in [0, 0.1) is 5.82 Å². The number of nitrogens with one attached hydrogen (secondary N) is 1. The van der Waals surface area contributed by atoms with Crippen LogP contribution < -0.4 is 11.1 Å². The van der Waals surface area contributed by atoms with E-state index in [9.17, 15) is 14.3 Å². The van der Waals surface area contributed by atoms with Crippen LogP contribution in [-0.2, 0) is 4.79 Å². The van der Waals surface area contributed by atoms with E-state index in [0.717, 1.165) is 6.42 Å². The molecule has 0 saturated heterocycles. The molecule has 108 valence electrons. The first-order valence-electron chi connectivity index (χ1n) is 6.01. The van der Waals surface area contributed by atoms with Crippen LogP contribution in [0.2, 0.25) is 0 Å². The molecular formula is C13H20ClFN2O2. The zero-order chi connectivity index (χ0) is 13.5. The summed E-state index contributed by atoms with van der Waals surface area (Å²) in [6, 6.07) is 4.96. The average molecular weight is 291 g/mol. The molecule has 1 amide bonds. The van der Waals surface area contributed by atoms with E-state index in [1.54, 1.807) is 0 Å². The molecule has 1 aromatic carbocycles. The maximum Gasteiger partial charge on any atom is 0.237 e. The summed E-state index contributed by atoms with van der Waals surface area (Å²) < 4.78 is 12.7. The second-order valence-electron chi connectivity index (χ2n) is 4.21. The van der Waals surface area contributed by atoms with Gasteiger partial charge in [0.2, 0.25) is 5.91 Å². The van der Waals surface area contributed by atoms with Crippen LogP contribution in [0.1, 0.15) is 31.4 Å². The van der Waals surface area contributed by atoms with Crippen molar-refractivity contribution in [1.29, 1.82) is 0 Å². The van der Waals surface area contributed by atoms with Gasteiger partial charge in [-0.15, -0.1) is 12.4 Å². The molecule has 4 N–H and O–H groups in total. The van der Waals surface area contributed by atoms with Crippen molar-refractivity contribution in [1.82, 2.24) is 5.32 Å². The van der Waals surface area contributed by atoms with Gasteiger partial charge in [0.25, 0.3) is 0 Å². The zero-order valence-electron chi connectivity index (χ0n) is 10.8. The summed E-state index contributed by atoms with van der Waals surface area (Å²) in [6.07, 6.45) is 0.580.